The third-order valence-electron chi connectivity index (χ3n) is 5.01. The van der Waals surface area contributed by atoms with Crippen LogP contribution in [0.25, 0.3) is 21.7 Å². The van der Waals surface area contributed by atoms with Crippen LogP contribution in [0.4, 0.5) is 0 Å². The van der Waals surface area contributed by atoms with Crippen molar-refractivity contribution in [2.24, 2.45) is 0 Å². The number of nitrogens with zero attached hydrogens (tertiary/aromatic N) is 3. The van der Waals surface area contributed by atoms with Crippen LogP contribution in [0.2, 0.25) is 0 Å². The summed E-state index contributed by atoms with van der Waals surface area (Å²) in [6.45, 7) is 3.09. The van der Waals surface area contributed by atoms with Crippen molar-refractivity contribution >= 4 is 57.4 Å². The molecule has 0 N–H and O–H groups in total. The number of aromatic nitrogens is 3. The molecule has 35 heavy (non-hydrogen) atoms. The van der Waals surface area contributed by atoms with Crippen LogP contribution in [-0.2, 0) is 14.3 Å². The van der Waals surface area contributed by atoms with Gasteiger partial charge in [-0.1, -0.05) is 53.4 Å². The van der Waals surface area contributed by atoms with Gasteiger partial charge in [-0.3, -0.25) is 23.5 Å². The quantitative estimate of drug-likeness (QED) is 0.108. The molecule has 0 bridgehead atoms. The molecule has 0 unspecified atom stereocenters. The molecule has 180 valence electrons. The van der Waals surface area contributed by atoms with Crippen LogP contribution < -0.4 is 10.3 Å². The Morgan fingerprint density at radius 2 is 1.80 bits per heavy atom. The molecule has 11 heteroatoms. The first-order valence-electron chi connectivity index (χ1n) is 10.6. The Morgan fingerprint density at radius 1 is 1.11 bits per heavy atom. The highest BCUT2D eigenvalue weighted by atomic mass is 32.2. The first kappa shape index (κ1) is 24.8. The summed E-state index contributed by atoms with van der Waals surface area (Å²) in [7, 11) is 1.55. The minimum Gasteiger partial charge on any atom is -0.495 e. The lowest BCUT2D eigenvalue weighted by molar-refractivity contribution is -0.144. The summed E-state index contributed by atoms with van der Waals surface area (Å²) in [4.78, 5) is 43.5. The molecule has 0 aliphatic rings. The van der Waals surface area contributed by atoms with E-state index in [0.29, 0.717) is 31.4 Å². The van der Waals surface area contributed by atoms with Crippen LogP contribution in [0.5, 0.6) is 5.75 Å². The number of carbonyl (C=O) groups is 2. The molecule has 0 fully saturated rings. The molecule has 0 radical (unpaired) electrons. The van der Waals surface area contributed by atoms with Gasteiger partial charge in [0, 0.05) is 0 Å². The van der Waals surface area contributed by atoms with Gasteiger partial charge in [-0.2, -0.15) is 0 Å². The van der Waals surface area contributed by atoms with Crippen LogP contribution >= 0.6 is 35.3 Å². The van der Waals surface area contributed by atoms with E-state index in [4.69, 9.17) is 26.7 Å². The number of thiazole rings is 1. The molecule has 4 rings (SSSR count). The number of thioether (sulfide) groups is 1. The van der Waals surface area contributed by atoms with E-state index in [-0.39, 0.29) is 17.3 Å². The summed E-state index contributed by atoms with van der Waals surface area (Å²) in [6, 6.07) is 16.2. The van der Waals surface area contributed by atoms with Crippen molar-refractivity contribution in [2.45, 2.75) is 24.3 Å². The van der Waals surface area contributed by atoms with E-state index in [1.54, 1.807) is 48.9 Å². The summed E-state index contributed by atoms with van der Waals surface area (Å²) < 4.78 is 14.4. The number of esters is 1. The van der Waals surface area contributed by atoms with E-state index < -0.39 is 17.0 Å². The molecule has 1 atom stereocenters. The van der Waals surface area contributed by atoms with Gasteiger partial charge in [0.1, 0.15) is 10.4 Å². The standard InChI is InChI=1S/C24H21N3O5S3/c1-4-32-22(30)18(14(2)28)34-23-25-20-19(21(29)26(23)15-10-6-5-7-11-15)35-24(33)27(20)16-12-8-9-13-17(16)31-3/h5-13,18H,4H2,1-3H3/t18-/m1/s1. The fourth-order valence-corrected chi connectivity index (χ4v) is 5.73. The minimum absolute atomic E-state index is 0.124. The monoisotopic (exact) mass is 527 g/mol. The third-order valence-corrected chi connectivity index (χ3v) is 7.61. The van der Waals surface area contributed by atoms with Crippen LogP contribution in [0.15, 0.2) is 64.5 Å². The maximum Gasteiger partial charge on any atom is 0.327 e. The lowest BCUT2D eigenvalue weighted by Gasteiger charge is -2.16. The second-order valence-corrected chi connectivity index (χ2v) is 9.98. The lowest BCUT2D eigenvalue weighted by atomic mass is 10.3. The highest BCUT2D eigenvalue weighted by Crippen LogP contribution is 2.32. The smallest absolute Gasteiger partial charge is 0.327 e. The fraction of sp³-hybridized carbons (Fsp3) is 0.208. The summed E-state index contributed by atoms with van der Waals surface area (Å²) in [5, 5.41) is -1.02. The molecular weight excluding hydrogens is 506 g/mol. The number of carbonyl (C=O) groups excluding carboxylic acids is 2. The molecule has 2 aromatic heterocycles. The number of methoxy groups -OCH3 is 1. The van der Waals surface area contributed by atoms with Crippen molar-refractivity contribution in [3.63, 3.8) is 0 Å². The van der Waals surface area contributed by atoms with E-state index >= 15 is 0 Å². The highest BCUT2D eigenvalue weighted by Gasteiger charge is 2.30. The molecule has 0 saturated carbocycles. The van der Waals surface area contributed by atoms with E-state index in [9.17, 15) is 14.4 Å². The van der Waals surface area contributed by atoms with Gasteiger partial charge >= 0.3 is 5.97 Å². The highest BCUT2D eigenvalue weighted by molar-refractivity contribution is 8.01. The van der Waals surface area contributed by atoms with Gasteiger partial charge in [-0.15, -0.1) is 0 Å². The SMILES string of the molecule is CCOC(=O)[C@H](Sc1nc2c(sc(=S)n2-c2ccccc2OC)c(=O)n1-c1ccccc1)C(C)=O. The minimum atomic E-state index is -1.18. The molecule has 0 spiro atoms. The molecule has 4 aromatic rings. The number of ether oxygens (including phenoxy) is 2. The van der Waals surface area contributed by atoms with Crippen LogP contribution in [0.3, 0.4) is 0 Å². The predicted octanol–water partition coefficient (Wildman–Crippen LogP) is 4.59. The molecular formula is C24H21N3O5S3. The van der Waals surface area contributed by atoms with Crippen LogP contribution in [-0.4, -0.2) is 44.8 Å². The Labute approximate surface area is 214 Å². The first-order valence-corrected chi connectivity index (χ1v) is 12.7. The van der Waals surface area contributed by atoms with Gasteiger partial charge in [0.25, 0.3) is 5.56 Å². The van der Waals surface area contributed by atoms with Gasteiger partial charge in [0.2, 0.25) is 0 Å². The Morgan fingerprint density at radius 3 is 2.46 bits per heavy atom. The maximum atomic E-state index is 13.8. The van der Waals surface area contributed by atoms with Crippen molar-refractivity contribution in [1.82, 2.24) is 14.1 Å². The fourth-order valence-electron chi connectivity index (χ4n) is 3.47. The average Bonchev–Trinajstić information content (AvgIpc) is 3.18. The number of benzene rings is 2. The van der Waals surface area contributed by atoms with Crippen molar-refractivity contribution in [3.8, 4) is 17.1 Å². The van der Waals surface area contributed by atoms with Crippen molar-refractivity contribution < 1.29 is 19.1 Å². The van der Waals surface area contributed by atoms with E-state index in [0.717, 1.165) is 23.1 Å². The number of fused-ring (bicyclic) bond motifs is 1. The topological polar surface area (TPSA) is 92.4 Å². The van der Waals surface area contributed by atoms with Gasteiger partial charge in [0.05, 0.1) is 25.1 Å². The molecule has 0 saturated heterocycles. The van der Waals surface area contributed by atoms with E-state index in [2.05, 4.69) is 0 Å². The van der Waals surface area contributed by atoms with Crippen molar-refractivity contribution in [1.29, 1.82) is 0 Å². The van der Waals surface area contributed by atoms with Crippen LogP contribution in [0, 0.1) is 3.95 Å². The number of hydrogen-bond donors (Lipinski definition) is 0. The second kappa shape index (κ2) is 10.5. The first-order chi connectivity index (χ1) is 16.9. The molecule has 0 aliphatic heterocycles. The lowest BCUT2D eigenvalue weighted by Crippen LogP contribution is -2.29. The summed E-state index contributed by atoms with van der Waals surface area (Å²) in [5.41, 5.74) is 1.12. The Hall–Kier alpha value is -3.28. The zero-order valence-corrected chi connectivity index (χ0v) is 21.5. The number of ketones is 1. The van der Waals surface area contributed by atoms with Crippen molar-refractivity contribution in [3.05, 3.63) is 68.9 Å². The Bertz CT molecular complexity index is 1530. The molecule has 0 amide bonds. The predicted molar refractivity (Wildman–Crippen MR) is 139 cm³/mol. The molecule has 2 aromatic carbocycles. The van der Waals surface area contributed by atoms with Gasteiger partial charge in [-0.25, -0.2) is 4.98 Å². The average molecular weight is 528 g/mol. The normalized spacial score (nSPS) is 11.9. The van der Waals surface area contributed by atoms with Crippen molar-refractivity contribution in [2.75, 3.05) is 13.7 Å². The summed E-state index contributed by atoms with van der Waals surface area (Å²) in [5.74, 6) is -0.542. The largest absolute Gasteiger partial charge is 0.495 e. The van der Waals surface area contributed by atoms with Crippen LogP contribution in [0.1, 0.15) is 13.8 Å². The van der Waals surface area contributed by atoms with E-state index in [1.165, 1.54) is 11.5 Å². The Kier molecular flexibility index (Phi) is 7.48. The zero-order valence-electron chi connectivity index (χ0n) is 19.1. The van der Waals surface area contributed by atoms with Gasteiger partial charge < -0.3 is 9.47 Å². The zero-order chi connectivity index (χ0) is 25.1. The molecule has 8 nitrogen and oxygen atoms in total. The number of para-hydroxylation sites is 3. The maximum absolute atomic E-state index is 13.8. The van der Waals surface area contributed by atoms with Gasteiger partial charge in [0.15, 0.2) is 25.8 Å². The number of hydrogen-bond acceptors (Lipinski definition) is 9. The van der Waals surface area contributed by atoms with Gasteiger partial charge in [-0.05, 0) is 50.3 Å². The molecule has 0 aliphatic carbocycles. The second-order valence-electron chi connectivity index (χ2n) is 7.26. The summed E-state index contributed by atoms with van der Waals surface area (Å²) >= 11 is 7.62. The summed E-state index contributed by atoms with van der Waals surface area (Å²) in [6.07, 6.45) is 0. The molecule has 2 heterocycles. The van der Waals surface area contributed by atoms with E-state index in [1.807, 2.05) is 24.3 Å². The Balaban J connectivity index is 2.03. The third kappa shape index (κ3) is 4.79. The number of Topliss-reactive ketones (excluding diaryl/α,β-unsaturated/α-hetero) is 1. The number of rotatable bonds is 8.